The first-order valence-electron chi connectivity index (χ1n) is 8.95. The Bertz CT molecular complexity index is 876. The van der Waals surface area contributed by atoms with Gasteiger partial charge in [0.1, 0.15) is 6.61 Å². The summed E-state index contributed by atoms with van der Waals surface area (Å²) >= 11 is 0. The van der Waals surface area contributed by atoms with Crippen LogP contribution in [0.3, 0.4) is 0 Å². The molecule has 0 saturated carbocycles. The van der Waals surface area contributed by atoms with Crippen LogP contribution in [0.2, 0.25) is 0 Å². The van der Waals surface area contributed by atoms with E-state index in [9.17, 15) is 4.79 Å². The maximum Gasteiger partial charge on any atom is 0.247 e. The van der Waals surface area contributed by atoms with Crippen LogP contribution < -0.4 is 9.47 Å². The lowest BCUT2D eigenvalue weighted by molar-refractivity contribution is -0.125. The van der Waals surface area contributed by atoms with Gasteiger partial charge in [0, 0.05) is 12.6 Å². The molecule has 144 valence electrons. The lowest BCUT2D eigenvalue weighted by atomic mass is 10.1. The summed E-state index contributed by atoms with van der Waals surface area (Å²) in [6, 6.07) is 13.5. The van der Waals surface area contributed by atoms with Crippen molar-refractivity contribution in [1.82, 2.24) is 4.90 Å². The largest absolute Gasteiger partial charge is 0.493 e. The number of carbonyl (C=O) groups excluding carboxylic acids is 1. The zero-order chi connectivity index (χ0) is 20.4. The first-order valence-corrected chi connectivity index (χ1v) is 8.95. The van der Waals surface area contributed by atoms with Crippen LogP contribution in [0.5, 0.6) is 11.5 Å². The Morgan fingerprint density at radius 2 is 1.96 bits per heavy atom. The van der Waals surface area contributed by atoms with E-state index in [2.05, 4.69) is 12.5 Å². The van der Waals surface area contributed by atoms with Gasteiger partial charge in [0.05, 0.1) is 13.7 Å². The molecule has 0 aromatic heterocycles. The minimum Gasteiger partial charge on any atom is -0.493 e. The number of benzene rings is 2. The number of rotatable bonds is 9. The molecule has 28 heavy (non-hydrogen) atoms. The molecule has 0 radical (unpaired) electrons. The van der Waals surface area contributed by atoms with Crippen molar-refractivity contribution in [2.45, 2.75) is 13.5 Å². The fraction of sp³-hybridized carbons (Fsp3) is 0.208. The van der Waals surface area contributed by atoms with Crippen molar-refractivity contribution >= 4 is 12.0 Å². The van der Waals surface area contributed by atoms with Gasteiger partial charge < -0.3 is 14.4 Å². The molecule has 0 spiro atoms. The lowest BCUT2D eigenvalue weighted by Crippen LogP contribution is -2.29. The average molecular weight is 375 g/mol. The third-order valence-electron chi connectivity index (χ3n) is 4.05. The number of ether oxygens (including phenoxy) is 2. The van der Waals surface area contributed by atoms with E-state index < -0.39 is 0 Å². The number of carbonyl (C=O) groups is 1. The van der Waals surface area contributed by atoms with Crippen molar-refractivity contribution < 1.29 is 14.3 Å². The summed E-state index contributed by atoms with van der Waals surface area (Å²) in [5.74, 6) is 3.62. The summed E-state index contributed by atoms with van der Waals surface area (Å²) in [7, 11) is 1.57. The van der Waals surface area contributed by atoms with Crippen molar-refractivity contribution in [3.8, 4) is 23.8 Å². The number of hydrogen-bond donors (Lipinski definition) is 0. The van der Waals surface area contributed by atoms with Gasteiger partial charge in [-0.15, -0.1) is 6.42 Å². The maximum atomic E-state index is 12.6. The van der Waals surface area contributed by atoms with E-state index in [1.807, 2.05) is 43.3 Å². The molecule has 0 aliphatic carbocycles. The van der Waals surface area contributed by atoms with Crippen molar-refractivity contribution in [2.75, 3.05) is 20.3 Å². The standard InChI is InChI=1S/C24H25NO3/c1-5-15-25(18-21-9-7-19(3)8-10-21)24(26)14-12-20-11-13-22(28-16-6-2)23(17-20)27-4/h1,6-14,17H,2,15-16,18H2,3-4H3/b14-12-. The molecule has 2 aromatic rings. The van der Waals surface area contributed by atoms with Crippen molar-refractivity contribution in [3.63, 3.8) is 0 Å². The van der Waals surface area contributed by atoms with Crippen LogP contribution >= 0.6 is 0 Å². The number of aryl methyl sites for hydroxylation is 1. The molecule has 0 unspecified atom stereocenters. The van der Waals surface area contributed by atoms with E-state index in [0.29, 0.717) is 24.7 Å². The zero-order valence-electron chi connectivity index (χ0n) is 16.4. The second kappa shape index (κ2) is 10.6. The van der Waals surface area contributed by atoms with Gasteiger partial charge in [-0.1, -0.05) is 54.5 Å². The second-order valence-electron chi connectivity index (χ2n) is 6.23. The first-order chi connectivity index (χ1) is 13.6. The van der Waals surface area contributed by atoms with Gasteiger partial charge in [0.25, 0.3) is 0 Å². The fourth-order valence-corrected chi connectivity index (χ4v) is 2.56. The van der Waals surface area contributed by atoms with Gasteiger partial charge in [-0.05, 0) is 36.3 Å². The van der Waals surface area contributed by atoms with E-state index in [-0.39, 0.29) is 12.5 Å². The second-order valence-corrected chi connectivity index (χ2v) is 6.23. The van der Waals surface area contributed by atoms with Gasteiger partial charge in [-0.25, -0.2) is 0 Å². The summed E-state index contributed by atoms with van der Waals surface area (Å²) in [6.07, 6.45) is 10.4. The minimum atomic E-state index is -0.149. The Balaban J connectivity index is 2.11. The van der Waals surface area contributed by atoms with E-state index >= 15 is 0 Å². The number of hydrogen-bond acceptors (Lipinski definition) is 3. The normalized spacial score (nSPS) is 10.3. The molecule has 0 aliphatic rings. The molecule has 0 heterocycles. The average Bonchev–Trinajstić information content (AvgIpc) is 2.71. The number of amides is 1. The molecule has 2 rings (SSSR count). The predicted molar refractivity (Wildman–Crippen MR) is 113 cm³/mol. The Hall–Kier alpha value is -3.45. The van der Waals surface area contributed by atoms with Crippen LogP contribution in [0.15, 0.2) is 61.2 Å². The molecule has 4 nitrogen and oxygen atoms in total. The third-order valence-corrected chi connectivity index (χ3v) is 4.05. The van der Waals surface area contributed by atoms with E-state index in [1.165, 1.54) is 11.6 Å². The highest BCUT2D eigenvalue weighted by atomic mass is 16.5. The van der Waals surface area contributed by atoms with Gasteiger partial charge in [-0.2, -0.15) is 0 Å². The highest BCUT2D eigenvalue weighted by Gasteiger charge is 2.10. The van der Waals surface area contributed by atoms with Crippen LogP contribution in [0, 0.1) is 19.3 Å². The van der Waals surface area contributed by atoms with Crippen molar-refractivity contribution in [1.29, 1.82) is 0 Å². The van der Waals surface area contributed by atoms with Gasteiger partial charge in [0.15, 0.2) is 11.5 Å². The Morgan fingerprint density at radius 3 is 2.61 bits per heavy atom. The highest BCUT2D eigenvalue weighted by molar-refractivity contribution is 5.92. The predicted octanol–water partition coefficient (Wildman–Crippen LogP) is 4.24. The molecular formula is C24H25NO3. The SMILES string of the molecule is C#CCN(Cc1ccc(C)cc1)C(=O)/C=C\c1ccc(OCC=C)c(OC)c1. The smallest absolute Gasteiger partial charge is 0.247 e. The molecule has 0 saturated heterocycles. The van der Waals surface area contributed by atoms with Crippen LogP contribution in [0.4, 0.5) is 0 Å². The number of terminal acetylenes is 1. The number of methoxy groups -OCH3 is 1. The molecule has 0 atom stereocenters. The van der Waals surface area contributed by atoms with Crippen molar-refractivity contribution in [3.05, 3.63) is 77.9 Å². The summed E-state index contributed by atoms with van der Waals surface area (Å²) in [4.78, 5) is 14.2. The molecule has 0 N–H and O–H groups in total. The lowest BCUT2D eigenvalue weighted by Gasteiger charge is -2.18. The molecule has 1 amide bonds. The fourth-order valence-electron chi connectivity index (χ4n) is 2.56. The van der Waals surface area contributed by atoms with Gasteiger partial charge in [-0.3, -0.25) is 4.79 Å². The summed E-state index contributed by atoms with van der Waals surface area (Å²) in [6.45, 7) is 6.76. The number of nitrogens with zero attached hydrogens (tertiary/aromatic N) is 1. The topological polar surface area (TPSA) is 38.8 Å². The van der Waals surface area contributed by atoms with Crippen molar-refractivity contribution in [2.24, 2.45) is 0 Å². The van der Waals surface area contributed by atoms with Crippen LogP contribution in [0.1, 0.15) is 16.7 Å². The summed E-state index contributed by atoms with van der Waals surface area (Å²) in [5, 5.41) is 0. The van der Waals surface area contributed by atoms with E-state index in [4.69, 9.17) is 15.9 Å². The quantitative estimate of drug-likeness (QED) is 0.374. The summed E-state index contributed by atoms with van der Waals surface area (Å²) in [5.41, 5.74) is 3.04. The van der Waals surface area contributed by atoms with Gasteiger partial charge in [0.2, 0.25) is 5.91 Å². The molecule has 0 fully saturated rings. The molecule has 0 aliphatic heterocycles. The molecule has 4 heteroatoms. The first kappa shape index (κ1) is 20.9. The van der Waals surface area contributed by atoms with Crippen LogP contribution in [0.25, 0.3) is 6.08 Å². The van der Waals surface area contributed by atoms with Crippen LogP contribution in [-0.2, 0) is 11.3 Å². The maximum absolute atomic E-state index is 12.6. The molecule has 2 aromatic carbocycles. The minimum absolute atomic E-state index is 0.149. The van der Waals surface area contributed by atoms with E-state index in [1.54, 1.807) is 30.2 Å². The Morgan fingerprint density at radius 1 is 1.21 bits per heavy atom. The molecule has 0 bridgehead atoms. The summed E-state index contributed by atoms with van der Waals surface area (Å²) < 4.78 is 10.9. The Labute approximate surface area is 167 Å². The Kier molecular flexibility index (Phi) is 7.92. The van der Waals surface area contributed by atoms with Crippen LogP contribution in [-0.4, -0.2) is 31.1 Å². The van der Waals surface area contributed by atoms with E-state index in [0.717, 1.165) is 11.1 Å². The van der Waals surface area contributed by atoms with Gasteiger partial charge >= 0.3 is 0 Å². The third kappa shape index (κ3) is 6.07. The monoisotopic (exact) mass is 375 g/mol. The highest BCUT2D eigenvalue weighted by Crippen LogP contribution is 2.28. The zero-order valence-corrected chi connectivity index (χ0v) is 16.4. The molecular weight excluding hydrogens is 350 g/mol.